The fourth-order valence-electron chi connectivity index (χ4n) is 3.45. The molecule has 0 aliphatic heterocycles. The van der Waals surface area contributed by atoms with Crippen LogP contribution in [0.5, 0.6) is 0 Å². The van der Waals surface area contributed by atoms with Crippen LogP contribution >= 0.6 is 0 Å². The normalized spacial score (nSPS) is 12.7. The Balaban J connectivity index is 1.69. The molecule has 0 aromatic heterocycles. The molecule has 0 fully saturated rings. The van der Waals surface area contributed by atoms with Gasteiger partial charge in [0.2, 0.25) is 0 Å². The first-order valence-electron chi connectivity index (χ1n) is 11.1. The van der Waals surface area contributed by atoms with Crippen LogP contribution in [-0.2, 0) is 24.0 Å². The summed E-state index contributed by atoms with van der Waals surface area (Å²) >= 11 is 0. The maximum absolute atomic E-state index is 12.8. The van der Waals surface area contributed by atoms with E-state index in [-0.39, 0.29) is 6.54 Å². The maximum Gasteiger partial charge on any atom is 0.416 e. The van der Waals surface area contributed by atoms with E-state index in [1.807, 2.05) is 12.1 Å². The highest BCUT2D eigenvalue weighted by Gasteiger charge is 2.29. The zero-order valence-corrected chi connectivity index (χ0v) is 19.8. The van der Waals surface area contributed by atoms with E-state index in [9.17, 15) is 23.1 Å². The second kappa shape index (κ2) is 10.8. The van der Waals surface area contributed by atoms with Crippen LogP contribution in [0.1, 0.15) is 54.7 Å². The minimum absolute atomic E-state index is 0.239. The van der Waals surface area contributed by atoms with Crippen molar-refractivity contribution in [3.05, 3.63) is 101 Å². The van der Waals surface area contributed by atoms with Crippen molar-refractivity contribution in [1.82, 2.24) is 5.32 Å². The Morgan fingerprint density at radius 1 is 0.914 bits per heavy atom. The molecule has 0 aliphatic carbocycles. The number of carbonyl (C=O) groups is 1. The van der Waals surface area contributed by atoms with E-state index in [1.165, 1.54) is 12.1 Å². The Labute approximate surface area is 202 Å². The molecule has 3 aromatic rings. The number of anilines is 1. The predicted octanol–water partition coefficient (Wildman–Crippen LogP) is 6.42. The Kier molecular flexibility index (Phi) is 8.07. The van der Waals surface area contributed by atoms with E-state index < -0.39 is 29.5 Å². The maximum atomic E-state index is 12.8. The SMILES string of the molecule is CC(C)(C)OC(=O)NCc1cccc(C(O)c2ccccc2NCc2ccc(C(F)(F)F)cc2)c1. The number of halogens is 3. The summed E-state index contributed by atoms with van der Waals surface area (Å²) in [6.45, 7) is 5.89. The molecule has 0 radical (unpaired) electrons. The van der Waals surface area contributed by atoms with Gasteiger partial charge in [-0.05, 0) is 55.7 Å². The number of aliphatic hydroxyl groups excluding tert-OH is 1. The third-order valence-electron chi connectivity index (χ3n) is 5.12. The second-order valence-electron chi connectivity index (χ2n) is 9.14. The summed E-state index contributed by atoms with van der Waals surface area (Å²) in [5.41, 5.74) is 2.10. The molecular weight excluding hydrogens is 457 g/mol. The predicted molar refractivity (Wildman–Crippen MR) is 129 cm³/mol. The molecule has 3 aromatic carbocycles. The van der Waals surface area contributed by atoms with Crippen LogP contribution in [0.15, 0.2) is 72.8 Å². The number of benzene rings is 3. The van der Waals surface area contributed by atoms with Gasteiger partial charge < -0.3 is 20.5 Å². The number of carbonyl (C=O) groups excluding carboxylic acids is 1. The first-order chi connectivity index (χ1) is 16.4. The number of para-hydroxylation sites is 1. The summed E-state index contributed by atoms with van der Waals surface area (Å²) in [5.74, 6) is 0. The van der Waals surface area contributed by atoms with E-state index in [0.29, 0.717) is 28.9 Å². The molecule has 1 unspecified atom stereocenters. The minimum Gasteiger partial charge on any atom is -0.444 e. The van der Waals surface area contributed by atoms with E-state index in [0.717, 1.165) is 17.7 Å². The van der Waals surface area contributed by atoms with Crippen molar-refractivity contribution in [2.45, 2.75) is 51.7 Å². The number of alkyl halides is 3. The lowest BCUT2D eigenvalue weighted by Crippen LogP contribution is -2.32. The van der Waals surface area contributed by atoms with E-state index in [4.69, 9.17) is 4.74 Å². The molecule has 0 aliphatic rings. The van der Waals surface area contributed by atoms with Crippen LogP contribution in [0.2, 0.25) is 0 Å². The number of hydrogen-bond acceptors (Lipinski definition) is 4. The van der Waals surface area contributed by atoms with Gasteiger partial charge in [0, 0.05) is 24.3 Å². The summed E-state index contributed by atoms with van der Waals surface area (Å²) in [4.78, 5) is 11.9. The molecule has 0 saturated heterocycles. The molecule has 3 N–H and O–H groups in total. The summed E-state index contributed by atoms with van der Waals surface area (Å²) in [6.07, 6.45) is -5.85. The molecule has 3 rings (SSSR count). The minimum atomic E-state index is -4.38. The third-order valence-corrected chi connectivity index (χ3v) is 5.12. The second-order valence-corrected chi connectivity index (χ2v) is 9.14. The molecule has 0 bridgehead atoms. The summed E-state index contributed by atoms with van der Waals surface area (Å²) in [6, 6.07) is 19.4. The summed E-state index contributed by atoms with van der Waals surface area (Å²) in [7, 11) is 0. The molecular formula is C27H29F3N2O3. The number of nitrogens with one attached hydrogen (secondary N) is 2. The highest BCUT2D eigenvalue weighted by molar-refractivity contribution is 5.67. The van der Waals surface area contributed by atoms with Gasteiger partial charge in [0.25, 0.3) is 0 Å². The third kappa shape index (κ3) is 7.75. The molecule has 1 amide bonds. The summed E-state index contributed by atoms with van der Waals surface area (Å²) in [5, 5.41) is 17.0. The number of aliphatic hydroxyl groups is 1. The number of rotatable bonds is 7. The highest BCUT2D eigenvalue weighted by Crippen LogP contribution is 2.31. The van der Waals surface area contributed by atoms with E-state index in [2.05, 4.69) is 10.6 Å². The first-order valence-corrected chi connectivity index (χ1v) is 11.1. The zero-order chi connectivity index (χ0) is 25.6. The summed E-state index contributed by atoms with van der Waals surface area (Å²) < 4.78 is 43.6. The smallest absolute Gasteiger partial charge is 0.416 e. The molecule has 0 spiro atoms. The van der Waals surface area contributed by atoms with E-state index in [1.54, 1.807) is 57.2 Å². The van der Waals surface area contributed by atoms with Crippen LogP contribution < -0.4 is 10.6 Å². The van der Waals surface area contributed by atoms with Gasteiger partial charge in [-0.15, -0.1) is 0 Å². The monoisotopic (exact) mass is 486 g/mol. The lowest BCUT2D eigenvalue weighted by Gasteiger charge is -2.20. The van der Waals surface area contributed by atoms with Crippen LogP contribution in [0.3, 0.4) is 0 Å². The topological polar surface area (TPSA) is 70.6 Å². The average molecular weight is 487 g/mol. The van der Waals surface area contributed by atoms with Gasteiger partial charge in [-0.3, -0.25) is 0 Å². The first kappa shape index (κ1) is 26.1. The van der Waals surface area contributed by atoms with Gasteiger partial charge in [0.1, 0.15) is 11.7 Å². The fourth-order valence-corrected chi connectivity index (χ4v) is 3.45. The fraction of sp³-hybridized carbons (Fsp3) is 0.296. The van der Waals surface area contributed by atoms with Crippen molar-refractivity contribution in [2.75, 3.05) is 5.32 Å². The van der Waals surface area contributed by atoms with Crippen LogP contribution in [-0.4, -0.2) is 16.8 Å². The molecule has 0 heterocycles. The number of alkyl carbamates (subject to hydrolysis) is 1. The Bertz CT molecular complexity index is 1140. The van der Waals surface area contributed by atoms with Crippen molar-refractivity contribution in [3.63, 3.8) is 0 Å². The van der Waals surface area contributed by atoms with Crippen LogP contribution in [0.25, 0.3) is 0 Å². The van der Waals surface area contributed by atoms with Crippen molar-refractivity contribution in [1.29, 1.82) is 0 Å². The number of hydrogen-bond donors (Lipinski definition) is 3. The quantitative estimate of drug-likeness (QED) is 0.360. The zero-order valence-electron chi connectivity index (χ0n) is 19.8. The largest absolute Gasteiger partial charge is 0.444 e. The lowest BCUT2D eigenvalue weighted by molar-refractivity contribution is -0.137. The average Bonchev–Trinajstić information content (AvgIpc) is 2.80. The Morgan fingerprint density at radius 2 is 1.60 bits per heavy atom. The van der Waals surface area contributed by atoms with Crippen molar-refractivity contribution in [3.8, 4) is 0 Å². The van der Waals surface area contributed by atoms with Gasteiger partial charge in [0.05, 0.1) is 5.56 Å². The van der Waals surface area contributed by atoms with Gasteiger partial charge in [-0.1, -0.05) is 54.6 Å². The van der Waals surface area contributed by atoms with Crippen LogP contribution in [0, 0.1) is 0 Å². The van der Waals surface area contributed by atoms with Gasteiger partial charge in [-0.25, -0.2) is 4.79 Å². The van der Waals surface area contributed by atoms with Gasteiger partial charge >= 0.3 is 12.3 Å². The molecule has 8 heteroatoms. The molecule has 0 saturated carbocycles. The molecule has 186 valence electrons. The highest BCUT2D eigenvalue weighted by atomic mass is 19.4. The Hall–Kier alpha value is -3.52. The molecule has 35 heavy (non-hydrogen) atoms. The number of amides is 1. The van der Waals surface area contributed by atoms with Crippen molar-refractivity contribution in [2.24, 2.45) is 0 Å². The lowest BCUT2D eigenvalue weighted by atomic mass is 9.98. The van der Waals surface area contributed by atoms with Gasteiger partial charge in [0.15, 0.2) is 0 Å². The van der Waals surface area contributed by atoms with E-state index >= 15 is 0 Å². The van der Waals surface area contributed by atoms with Crippen molar-refractivity contribution < 1.29 is 27.8 Å². The molecule has 1 atom stereocenters. The van der Waals surface area contributed by atoms with Crippen molar-refractivity contribution >= 4 is 11.8 Å². The van der Waals surface area contributed by atoms with Gasteiger partial charge in [-0.2, -0.15) is 13.2 Å². The Morgan fingerprint density at radius 3 is 2.26 bits per heavy atom. The molecule has 5 nitrogen and oxygen atoms in total. The van der Waals surface area contributed by atoms with Crippen LogP contribution in [0.4, 0.5) is 23.7 Å². The standard InChI is InChI=1S/C27H29F3N2O3/c1-26(2,3)35-25(34)32-17-19-7-6-8-20(15-19)24(33)22-9-4-5-10-23(22)31-16-18-11-13-21(14-12-18)27(28,29)30/h4-15,24,31,33H,16-17H2,1-3H3,(H,32,34). The number of ether oxygens (including phenoxy) is 1.